The monoisotopic (exact) mass is 223 g/mol. The zero-order valence-electron chi connectivity index (χ0n) is 9.82. The zero-order valence-corrected chi connectivity index (χ0v) is 9.82. The van der Waals surface area contributed by atoms with Crippen LogP contribution >= 0.6 is 0 Å². The molecule has 0 bridgehead atoms. The van der Waals surface area contributed by atoms with Crippen molar-refractivity contribution < 1.29 is 4.74 Å². The predicted octanol–water partition coefficient (Wildman–Crippen LogP) is 1.30. The second kappa shape index (κ2) is 5.89. The van der Waals surface area contributed by atoms with Crippen molar-refractivity contribution in [1.82, 2.24) is 15.0 Å². The summed E-state index contributed by atoms with van der Waals surface area (Å²) >= 11 is 0. The molecule has 1 aromatic heterocycles. The maximum absolute atomic E-state index is 4.99. The van der Waals surface area contributed by atoms with Gasteiger partial charge in [0, 0.05) is 12.6 Å². The highest BCUT2D eigenvalue weighted by Crippen LogP contribution is 2.11. The molecule has 0 aliphatic carbocycles. The van der Waals surface area contributed by atoms with Crippen molar-refractivity contribution in [2.45, 2.75) is 19.9 Å². The molecule has 0 saturated carbocycles. The van der Waals surface area contributed by atoms with Crippen LogP contribution in [0.4, 0.5) is 11.9 Å². The Bertz CT molecular complexity index is 353. The highest BCUT2D eigenvalue weighted by atomic mass is 16.5. The molecule has 2 N–H and O–H groups in total. The number of aromatic nitrogens is 3. The largest absolute Gasteiger partial charge is 0.467 e. The molecular weight excluding hydrogens is 206 g/mol. The number of anilines is 2. The van der Waals surface area contributed by atoms with E-state index in [2.05, 4.69) is 32.2 Å². The molecule has 0 fully saturated rings. The fourth-order valence-electron chi connectivity index (χ4n) is 1.01. The van der Waals surface area contributed by atoms with Gasteiger partial charge >= 0.3 is 6.01 Å². The Morgan fingerprint density at radius 1 is 1.31 bits per heavy atom. The number of ether oxygens (including phenoxy) is 1. The number of hydrogen-bond acceptors (Lipinski definition) is 6. The van der Waals surface area contributed by atoms with E-state index in [1.54, 1.807) is 6.08 Å². The van der Waals surface area contributed by atoms with Crippen molar-refractivity contribution in [1.29, 1.82) is 0 Å². The van der Waals surface area contributed by atoms with Gasteiger partial charge in [-0.25, -0.2) is 0 Å². The first kappa shape index (κ1) is 12.2. The predicted molar refractivity (Wildman–Crippen MR) is 63.8 cm³/mol. The van der Waals surface area contributed by atoms with Gasteiger partial charge in [0.1, 0.15) is 0 Å². The van der Waals surface area contributed by atoms with E-state index in [1.807, 2.05) is 13.8 Å². The molecule has 88 valence electrons. The van der Waals surface area contributed by atoms with E-state index in [-0.39, 0.29) is 12.1 Å². The van der Waals surface area contributed by atoms with Gasteiger partial charge in [-0.05, 0) is 13.8 Å². The number of hydrogen-bond donors (Lipinski definition) is 2. The molecule has 0 atom stereocenters. The van der Waals surface area contributed by atoms with Gasteiger partial charge in [0.25, 0.3) is 0 Å². The summed E-state index contributed by atoms with van der Waals surface area (Å²) in [5.41, 5.74) is 0. The second-order valence-corrected chi connectivity index (χ2v) is 3.44. The Hall–Kier alpha value is -1.85. The fourth-order valence-corrected chi connectivity index (χ4v) is 1.01. The van der Waals surface area contributed by atoms with Crippen LogP contribution in [0.3, 0.4) is 0 Å². The highest BCUT2D eigenvalue weighted by Gasteiger charge is 2.06. The van der Waals surface area contributed by atoms with Crippen LogP contribution in [0.1, 0.15) is 13.8 Å². The Labute approximate surface area is 95.2 Å². The molecule has 1 aromatic rings. The van der Waals surface area contributed by atoms with Crippen LogP contribution in [-0.4, -0.2) is 34.6 Å². The molecule has 0 unspecified atom stereocenters. The summed E-state index contributed by atoms with van der Waals surface area (Å²) in [6.07, 6.45) is 1.73. The van der Waals surface area contributed by atoms with Gasteiger partial charge in [0.2, 0.25) is 11.9 Å². The fraction of sp³-hybridized carbons (Fsp3) is 0.500. The van der Waals surface area contributed by atoms with Crippen molar-refractivity contribution in [3.63, 3.8) is 0 Å². The average Bonchev–Trinajstić information content (AvgIpc) is 2.25. The summed E-state index contributed by atoms with van der Waals surface area (Å²) in [4.78, 5) is 12.3. The SMILES string of the molecule is C=CCNc1nc(NC(C)C)nc(OC)n1. The minimum Gasteiger partial charge on any atom is -0.467 e. The van der Waals surface area contributed by atoms with Gasteiger partial charge < -0.3 is 15.4 Å². The number of methoxy groups -OCH3 is 1. The third kappa shape index (κ3) is 3.72. The van der Waals surface area contributed by atoms with Crippen molar-refractivity contribution >= 4 is 11.9 Å². The normalized spacial score (nSPS) is 10.0. The van der Waals surface area contributed by atoms with E-state index < -0.39 is 0 Å². The smallest absolute Gasteiger partial charge is 0.322 e. The van der Waals surface area contributed by atoms with Gasteiger partial charge in [0.05, 0.1) is 7.11 Å². The molecule has 1 rings (SSSR count). The average molecular weight is 223 g/mol. The highest BCUT2D eigenvalue weighted by molar-refractivity contribution is 5.36. The van der Waals surface area contributed by atoms with Crippen molar-refractivity contribution in [3.05, 3.63) is 12.7 Å². The van der Waals surface area contributed by atoms with Crippen molar-refractivity contribution in [2.24, 2.45) is 0 Å². The van der Waals surface area contributed by atoms with Crippen LogP contribution < -0.4 is 15.4 Å². The van der Waals surface area contributed by atoms with E-state index >= 15 is 0 Å². The van der Waals surface area contributed by atoms with Gasteiger partial charge in [-0.2, -0.15) is 15.0 Å². The molecule has 0 aliphatic rings. The molecule has 0 aromatic carbocycles. The van der Waals surface area contributed by atoms with E-state index in [0.29, 0.717) is 18.4 Å². The number of rotatable bonds is 6. The van der Waals surface area contributed by atoms with E-state index in [0.717, 1.165) is 0 Å². The standard InChI is InChI=1S/C10H17N5O/c1-5-6-11-8-13-9(12-7(2)3)15-10(14-8)16-4/h5,7H,1,6H2,2-4H3,(H2,11,12,13,14,15). The first-order chi connectivity index (χ1) is 7.65. The van der Waals surface area contributed by atoms with Crippen LogP contribution in [-0.2, 0) is 0 Å². The van der Waals surface area contributed by atoms with Crippen molar-refractivity contribution in [2.75, 3.05) is 24.3 Å². The molecule has 0 saturated heterocycles. The van der Waals surface area contributed by atoms with Gasteiger partial charge in [-0.1, -0.05) is 6.08 Å². The minimum absolute atomic E-state index is 0.249. The maximum Gasteiger partial charge on any atom is 0.322 e. The third-order valence-electron chi connectivity index (χ3n) is 1.62. The van der Waals surface area contributed by atoms with Crippen LogP contribution in [0.2, 0.25) is 0 Å². The molecule has 6 heteroatoms. The number of nitrogens with one attached hydrogen (secondary N) is 2. The molecule has 16 heavy (non-hydrogen) atoms. The molecular formula is C10H17N5O. The quantitative estimate of drug-likeness (QED) is 0.708. The summed E-state index contributed by atoms with van der Waals surface area (Å²) in [6, 6.07) is 0.532. The second-order valence-electron chi connectivity index (χ2n) is 3.44. The van der Waals surface area contributed by atoms with Crippen LogP contribution in [0.25, 0.3) is 0 Å². The summed E-state index contributed by atoms with van der Waals surface area (Å²) in [5.74, 6) is 0.961. The summed E-state index contributed by atoms with van der Waals surface area (Å²) < 4.78 is 4.99. The summed E-state index contributed by atoms with van der Waals surface area (Å²) in [6.45, 7) is 8.21. The molecule has 0 radical (unpaired) electrons. The third-order valence-corrected chi connectivity index (χ3v) is 1.62. The first-order valence-electron chi connectivity index (χ1n) is 5.07. The van der Waals surface area contributed by atoms with E-state index in [4.69, 9.17) is 4.74 Å². The van der Waals surface area contributed by atoms with Gasteiger partial charge in [-0.15, -0.1) is 6.58 Å². The lowest BCUT2D eigenvalue weighted by atomic mass is 10.4. The van der Waals surface area contributed by atoms with E-state index in [9.17, 15) is 0 Å². The van der Waals surface area contributed by atoms with Crippen LogP contribution in [0.15, 0.2) is 12.7 Å². The van der Waals surface area contributed by atoms with Crippen molar-refractivity contribution in [3.8, 4) is 6.01 Å². The lowest BCUT2D eigenvalue weighted by Crippen LogP contribution is -2.15. The Kier molecular flexibility index (Phi) is 4.50. The minimum atomic E-state index is 0.249. The molecule has 0 amide bonds. The molecule has 6 nitrogen and oxygen atoms in total. The molecule has 0 spiro atoms. The molecule has 1 heterocycles. The molecule has 0 aliphatic heterocycles. The Morgan fingerprint density at radius 2 is 2.00 bits per heavy atom. The lowest BCUT2D eigenvalue weighted by molar-refractivity contribution is 0.379. The maximum atomic E-state index is 4.99. The summed E-state index contributed by atoms with van der Waals surface area (Å²) in [7, 11) is 1.52. The van der Waals surface area contributed by atoms with Gasteiger partial charge in [0.15, 0.2) is 0 Å². The topological polar surface area (TPSA) is 72.0 Å². The van der Waals surface area contributed by atoms with E-state index in [1.165, 1.54) is 7.11 Å². The Balaban J connectivity index is 2.86. The van der Waals surface area contributed by atoms with Crippen LogP contribution in [0.5, 0.6) is 6.01 Å². The van der Waals surface area contributed by atoms with Crippen LogP contribution in [0, 0.1) is 0 Å². The zero-order chi connectivity index (χ0) is 12.0. The lowest BCUT2D eigenvalue weighted by Gasteiger charge is -2.10. The number of nitrogens with zero attached hydrogens (tertiary/aromatic N) is 3. The van der Waals surface area contributed by atoms with Gasteiger partial charge in [-0.3, -0.25) is 0 Å². The first-order valence-corrected chi connectivity index (χ1v) is 5.07. The Morgan fingerprint density at radius 3 is 2.56 bits per heavy atom. The summed E-state index contributed by atoms with van der Waals surface area (Å²) in [5, 5.41) is 6.07.